The van der Waals surface area contributed by atoms with E-state index in [1.54, 1.807) is 62.8 Å². The molecule has 3 N–H and O–H groups in total. The van der Waals surface area contributed by atoms with Crippen molar-refractivity contribution >= 4 is 29.1 Å². The average molecular weight is 452 g/mol. The van der Waals surface area contributed by atoms with Gasteiger partial charge in [0.15, 0.2) is 0 Å². The minimum Gasteiger partial charge on any atom is -0.497 e. The van der Waals surface area contributed by atoms with E-state index >= 15 is 0 Å². The lowest BCUT2D eigenvalue weighted by Gasteiger charge is -2.23. The Bertz CT molecular complexity index is 1060. The summed E-state index contributed by atoms with van der Waals surface area (Å²) < 4.78 is 23.6. The van der Waals surface area contributed by atoms with Gasteiger partial charge in [-0.1, -0.05) is 0 Å². The molecule has 0 fully saturated rings. The maximum Gasteiger partial charge on any atom is 0.326 e. The fourth-order valence-electron chi connectivity index (χ4n) is 2.97. The molecule has 0 aliphatic heterocycles. The van der Waals surface area contributed by atoms with E-state index in [-0.39, 0.29) is 13.1 Å². The highest BCUT2D eigenvalue weighted by atomic mass is 19.1. The maximum absolute atomic E-state index is 13.4. The van der Waals surface area contributed by atoms with Crippen molar-refractivity contribution in [3.8, 4) is 11.5 Å². The largest absolute Gasteiger partial charge is 0.497 e. The van der Waals surface area contributed by atoms with Crippen LogP contribution in [0.3, 0.4) is 0 Å². The van der Waals surface area contributed by atoms with Gasteiger partial charge in [-0.3, -0.25) is 4.90 Å². The standard InChI is InChI=1S/C24H25FN4O4/c1-32-21-11-5-18(6-12-21)27-23(30)26-15-16-29(20-9-3-17(25)4-10-20)24(31)28-19-7-13-22(33-2)14-8-19/h3-14H,15-16H2,1-2H3,(H,28,31)(H2,26,27,30). The van der Waals surface area contributed by atoms with Crippen molar-refractivity contribution in [2.24, 2.45) is 0 Å². The summed E-state index contributed by atoms with van der Waals surface area (Å²) in [5, 5.41) is 8.21. The molecule has 0 spiro atoms. The summed E-state index contributed by atoms with van der Waals surface area (Å²) >= 11 is 0. The highest BCUT2D eigenvalue weighted by Gasteiger charge is 2.16. The summed E-state index contributed by atoms with van der Waals surface area (Å²) in [7, 11) is 3.12. The smallest absolute Gasteiger partial charge is 0.326 e. The Kier molecular flexibility index (Phi) is 8.07. The van der Waals surface area contributed by atoms with E-state index in [0.29, 0.717) is 28.6 Å². The number of benzene rings is 3. The second-order valence-electron chi connectivity index (χ2n) is 6.90. The van der Waals surface area contributed by atoms with Crippen LogP contribution in [0.25, 0.3) is 0 Å². The Balaban J connectivity index is 1.61. The summed E-state index contributed by atoms with van der Waals surface area (Å²) in [6.45, 7) is 0.319. The molecule has 9 heteroatoms. The third kappa shape index (κ3) is 6.86. The Morgan fingerprint density at radius 2 is 1.30 bits per heavy atom. The lowest BCUT2D eigenvalue weighted by molar-refractivity contribution is 0.250. The van der Waals surface area contributed by atoms with Gasteiger partial charge in [-0.15, -0.1) is 0 Å². The van der Waals surface area contributed by atoms with E-state index in [4.69, 9.17) is 9.47 Å². The van der Waals surface area contributed by atoms with Crippen LogP contribution < -0.4 is 30.3 Å². The van der Waals surface area contributed by atoms with Crippen LogP contribution in [0, 0.1) is 5.82 Å². The van der Waals surface area contributed by atoms with Crippen LogP contribution in [0.15, 0.2) is 72.8 Å². The van der Waals surface area contributed by atoms with Crippen LogP contribution >= 0.6 is 0 Å². The second-order valence-corrected chi connectivity index (χ2v) is 6.90. The molecule has 0 aliphatic rings. The van der Waals surface area contributed by atoms with Gasteiger partial charge in [0.25, 0.3) is 0 Å². The predicted octanol–water partition coefficient (Wildman–Crippen LogP) is 4.70. The molecule has 3 aromatic carbocycles. The summed E-state index contributed by atoms with van der Waals surface area (Å²) in [6, 6.07) is 18.5. The molecule has 0 aromatic heterocycles. The fourth-order valence-corrected chi connectivity index (χ4v) is 2.97. The van der Waals surface area contributed by atoms with Crippen LogP contribution in [-0.4, -0.2) is 39.4 Å². The molecule has 0 saturated carbocycles. The van der Waals surface area contributed by atoms with E-state index in [2.05, 4.69) is 16.0 Å². The number of nitrogens with one attached hydrogen (secondary N) is 3. The van der Waals surface area contributed by atoms with Crippen LogP contribution in [-0.2, 0) is 0 Å². The number of urea groups is 2. The van der Waals surface area contributed by atoms with E-state index in [9.17, 15) is 14.0 Å². The summed E-state index contributed by atoms with van der Waals surface area (Å²) in [5.74, 6) is 0.931. The highest BCUT2D eigenvalue weighted by Crippen LogP contribution is 2.19. The Hall–Kier alpha value is -4.27. The zero-order valence-electron chi connectivity index (χ0n) is 18.3. The molecule has 0 radical (unpaired) electrons. The van der Waals surface area contributed by atoms with Gasteiger partial charge < -0.3 is 25.4 Å². The normalized spacial score (nSPS) is 10.2. The Labute approximate surface area is 191 Å². The number of hydrogen-bond acceptors (Lipinski definition) is 4. The van der Waals surface area contributed by atoms with Crippen LogP contribution in [0.1, 0.15) is 0 Å². The van der Waals surface area contributed by atoms with Gasteiger partial charge in [-0.05, 0) is 72.8 Å². The third-order valence-corrected chi connectivity index (χ3v) is 4.69. The van der Waals surface area contributed by atoms with Gasteiger partial charge in [-0.2, -0.15) is 0 Å². The molecule has 0 unspecified atom stereocenters. The van der Waals surface area contributed by atoms with Crippen LogP contribution in [0.2, 0.25) is 0 Å². The fraction of sp³-hybridized carbons (Fsp3) is 0.167. The molecule has 172 valence electrons. The number of amides is 4. The number of nitrogens with zero attached hydrogens (tertiary/aromatic N) is 1. The van der Waals surface area contributed by atoms with Crippen LogP contribution in [0.5, 0.6) is 11.5 Å². The lowest BCUT2D eigenvalue weighted by atomic mass is 10.2. The lowest BCUT2D eigenvalue weighted by Crippen LogP contribution is -2.42. The first-order chi connectivity index (χ1) is 16.0. The number of rotatable bonds is 8. The topological polar surface area (TPSA) is 91.9 Å². The molecule has 0 saturated heterocycles. The van der Waals surface area contributed by atoms with Gasteiger partial charge in [0.2, 0.25) is 0 Å². The number of ether oxygens (including phenoxy) is 2. The van der Waals surface area contributed by atoms with Gasteiger partial charge in [0.1, 0.15) is 17.3 Å². The first kappa shape index (κ1) is 23.4. The van der Waals surface area contributed by atoms with Crippen molar-refractivity contribution in [1.29, 1.82) is 0 Å². The minimum absolute atomic E-state index is 0.156. The SMILES string of the molecule is COc1ccc(NC(=O)NCCN(C(=O)Nc2ccc(OC)cc2)c2ccc(F)cc2)cc1. The van der Waals surface area contributed by atoms with E-state index in [0.717, 1.165) is 0 Å². The molecule has 3 aromatic rings. The number of carbonyl (C=O) groups excluding carboxylic acids is 2. The van der Waals surface area contributed by atoms with Crippen molar-refractivity contribution in [1.82, 2.24) is 5.32 Å². The van der Waals surface area contributed by atoms with Gasteiger partial charge in [0.05, 0.1) is 14.2 Å². The number of methoxy groups -OCH3 is 2. The highest BCUT2D eigenvalue weighted by molar-refractivity contribution is 6.01. The Morgan fingerprint density at radius 1 is 0.788 bits per heavy atom. The van der Waals surface area contributed by atoms with Crippen molar-refractivity contribution in [2.45, 2.75) is 0 Å². The number of hydrogen-bond donors (Lipinski definition) is 3. The maximum atomic E-state index is 13.4. The first-order valence-corrected chi connectivity index (χ1v) is 10.2. The van der Waals surface area contributed by atoms with Crippen molar-refractivity contribution in [3.63, 3.8) is 0 Å². The molecule has 3 rings (SSSR count). The van der Waals surface area contributed by atoms with Gasteiger partial charge in [0, 0.05) is 30.2 Å². The quantitative estimate of drug-likeness (QED) is 0.462. The average Bonchev–Trinajstić information content (AvgIpc) is 2.83. The molecular weight excluding hydrogens is 427 g/mol. The predicted molar refractivity (Wildman–Crippen MR) is 126 cm³/mol. The zero-order chi connectivity index (χ0) is 23.6. The van der Waals surface area contributed by atoms with Gasteiger partial charge >= 0.3 is 12.1 Å². The van der Waals surface area contributed by atoms with Crippen LogP contribution in [0.4, 0.5) is 31.0 Å². The molecule has 0 bridgehead atoms. The second kappa shape index (κ2) is 11.4. The molecule has 4 amide bonds. The van der Waals surface area contributed by atoms with E-state index < -0.39 is 17.9 Å². The molecule has 33 heavy (non-hydrogen) atoms. The van der Waals surface area contributed by atoms with E-state index in [1.165, 1.54) is 29.2 Å². The minimum atomic E-state index is -0.427. The van der Waals surface area contributed by atoms with Gasteiger partial charge in [-0.25, -0.2) is 14.0 Å². The molecule has 0 heterocycles. The number of carbonyl (C=O) groups is 2. The summed E-state index contributed by atoms with van der Waals surface area (Å²) in [5.41, 5.74) is 1.65. The molecule has 8 nitrogen and oxygen atoms in total. The molecular formula is C24H25FN4O4. The van der Waals surface area contributed by atoms with Crippen molar-refractivity contribution < 1.29 is 23.5 Å². The monoisotopic (exact) mass is 452 g/mol. The van der Waals surface area contributed by atoms with Crippen molar-refractivity contribution in [3.05, 3.63) is 78.6 Å². The van der Waals surface area contributed by atoms with E-state index in [1.807, 2.05) is 0 Å². The molecule has 0 aliphatic carbocycles. The Morgan fingerprint density at radius 3 is 1.82 bits per heavy atom. The zero-order valence-corrected chi connectivity index (χ0v) is 18.3. The number of anilines is 3. The molecule has 0 atom stereocenters. The third-order valence-electron chi connectivity index (χ3n) is 4.69. The first-order valence-electron chi connectivity index (χ1n) is 10.2. The number of halogens is 1. The summed E-state index contributed by atoms with van der Waals surface area (Å²) in [6.07, 6.45) is 0. The summed E-state index contributed by atoms with van der Waals surface area (Å²) in [4.78, 5) is 26.6. The van der Waals surface area contributed by atoms with Crippen molar-refractivity contribution in [2.75, 3.05) is 42.8 Å².